The minimum atomic E-state index is -1.04. The van der Waals surface area contributed by atoms with Gasteiger partial charge in [0.2, 0.25) is 0 Å². The normalized spacial score (nSPS) is 11.3. The van der Waals surface area contributed by atoms with Crippen LogP contribution in [-0.2, 0) is 6.54 Å². The van der Waals surface area contributed by atoms with Crippen molar-refractivity contribution in [2.45, 2.75) is 26.3 Å². The van der Waals surface area contributed by atoms with E-state index < -0.39 is 5.97 Å². The number of hydrogen-bond acceptors (Lipinski definition) is 3. The van der Waals surface area contributed by atoms with Crippen LogP contribution < -0.4 is 5.56 Å². The average molecular weight is 285 g/mol. The molecule has 6 nitrogen and oxygen atoms in total. The summed E-state index contributed by atoms with van der Waals surface area (Å²) in [6.45, 7) is 2.57. The van der Waals surface area contributed by atoms with E-state index in [1.54, 1.807) is 29.0 Å². The molecule has 0 radical (unpaired) electrons. The van der Waals surface area contributed by atoms with Crippen LogP contribution in [0.4, 0.5) is 0 Å². The predicted molar refractivity (Wildman–Crippen MR) is 78.8 cm³/mol. The molecule has 0 unspecified atom stereocenters. The number of nitrogens with zero attached hydrogens (tertiary/aromatic N) is 3. The second-order valence-corrected chi connectivity index (χ2v) is 4.92. The maximum absolute atomic E-state index is 12.5. The summed E-state index contributed by atoms with van der Waals surface area (Å²) in [5, 5.41) is 9.68. The van der Waals surface area contributed by atoms with E-state index in [1.807, 2.05) is 6.92 Å². The first-order chi connectivity index (χ1) is 10.1. The minimum absolute atomic E-state index is 0.110. The fourth-order valence-electron chi connectivity index (χ4n) is 2.47. The number of pyridine rings is 1. The maximum atomic E-state index is 12.5. The minimum Gasteiger partial charge on any atom is -0.477 e. The number of rotatable bonds is 4. The van der Waals surface area contributed by atoms with Crippen LogP contribution in [0.25, 0.3) is 16.7 Å². The van der Waals surface area contributed by atoms with Crippen molar-refractivity contribution in [3.63, 3.8) is 0 Å². The Kier molecular flexibility index (Phi) is 3.21. The van der Waals surface area contributed by atoms with Gasteiger partial charge in [-0.3, -0.25) is 9.20 Å². The molecule has 3 aromatic rings. The molecule has 0 aliphatic carbocycles. The Morgan fingerprint density at radius 2 is 2.19 bits per heavy atom. The molecule has 0 spiro atoms. The van der Waals surface area contributed by atoms with Crippen LogP contribution in [0.15, 0.2) is 35.3 Å². The molecule has 3 rings (SSSR count). The molecule has 108 valence electrons. The van der Waals surface area contributed by atoms with Gasteiger partial charge >= 0.3 is 5.97 Å². The van der Waals surface area contributed by atoms with Gasteiger partial charge in [0.15, 0.2) is 0 Å². The number of unbranched alkanes of at least 4 members (excludes halogenated alkanes) is 1. The van der Waals surface area contributed by atoms with Gasteiger partial charge in [-0.05, 0) is 24.6 Å². The van der Waals surface area contributed by atoms with Crippen molar-refractivity contribution in [1.29, 1.82) is 0 Å². The third kappa shape index (κ3) is 2.08. The van der Waals surface area contributed by atoms with Gasteiger partial charge in [0.05, 0.1) is 5.39 Å². The van der Waals surface area contributed by atoms with E-state index in [0.29, 0.717) is 23.2 Å². The van der Waals surface area contributed by atoms with Gasteiger partial charge < -0.3 is 9.67 Å². The zero-order valence-corrected chi connectivity index (χ0v) is 11.6. The van der Waals surface area contributed by atoms with Gasteiger partial charge in [0.25, 0.3) is 5.56 Å². The fourth-order valence-corrected chi connectivity index (χ4v) is 2.47. The first kappa shape index (κ1) is 13.4. The lowest BCUT2D eigenvalue weighted by atomic mass is 10.3. The number of hydrogen-bond donors (Lipinski definition) is 1. The van der Waals surface area contributed by atoms with Crippen molar-refractivity contribution in [2.24, 2.45) is 0 Å². The molecule has 3 heterocycles. The summed E-state index contributed by atoms with van der Waals surface area (Å²) in [6, 6.07) is 6.69. The third-order valence-corrected chi connectivity index (χ3v) is 3.53. The first-order valence-corrected chi connectivity index (χ1v) is 6.87. The van der Waals surface area contributed by atoms with Gasteiger partial charge in [0.1, 0.15) is 17.0 Å². The summed E-state index contributed by atoms with van der Waals surface area (Å²) in [5.74, 6) is -1.04. The molecule has 0 aliphatic rings. The second-order valence-electron chi connectivity index (χ2n) is 4.92. The van der Waals surface area contributed by atoms with Crippen molar-refractivity contribution >= 4 is 22.6 Å². The van der Waals surface area contributed by atoms with E-state index in [-0.39, 0.29) is 11.3 Å². The number of aryl methyl sites for hydroxylation is 1. The molecule has 0 saturated heterocycles. The number of carbonyl (C=O) groups is 1. The standard InChI is InChI=1S/C15H15N3O3/c1-2-3-7-17-11(15(20)21)9-10-13(17)16-12-6-4-5-8-18(12)14(10)19/h4-6,8-9H,2-3,7H2,1H3,(H,20,21). The fraction of sp³-hybridized carbons (Fsp3) is 0.267. The van der Waals surface area contributed by atoms with E-state index in [0.717, 1.165) is 12.8 Å². The lowest BCUT2D eigenvalue weighted by Gasteiger charge is -2.07. The highest BCUT2D eigenvalue weighted by atomic mass is 16.4. The molecule has 21 heavy (non-hydrogen) atoms. The van der Waals surface area contributed by atoms with Crippen LogP contribution in [-0.4, -0.2) is 25.0 Å². The van der Waals surface area contributed by atoms with Crippen LogP contribution >= 0.6 is 0 Å². The van der Waals surface area contributed by atoms with Crippen LogP contribution in [0.1, 0.15) is 30.3 Å². The van der Waals surface area contributed by atoms with E-state index in [1.165, 1.54) is 10.5 Å². The third-order valence-electron chi connectivity index (χ3n) is 3.53. The topological polar surface area (TPSA) is 76.6 Å². The first-order valence-electron chi connectivity index (χ1n) is 6.87. The number of fused-ring (bicyclic) bond motifs is 2. The molecule has 0 fully saturated rings. The molecule has 0 atom stereocenters. The lowest BCUT2D eigenvalue weighted by molar-refractivity contribution is 0.0685. The monoisotopic (exact) mass is 285 g/mol. The Balaban J connectivity index is 2.39. The molecular formula is C15H15N3O3. The smallest absolute Gasteiger partial charge is 0.352 e. The van der Waals surface area contributed by atoms with Gasteiger partial charge in [-0.15, -0.1) is 0 Å². The van der Waals surface area contributed by atoms with Gasteiger partial charge in [0, 0.05) is 12.7 Å². The molecule has 6 heteroatoms. The van der Waals surface area contributed by atoms with E-state index in [4.69, 9.17) is 0 Å². The number of aromatic carboxylic acids is 1. The molecule has 1 N–H and O–H groups in total. The number of aromatic nitrogens is 3. The SMILES string of the molecule is CCCCn1c(C(=O)O)cc2c(=O)n3ccccc3nc21. The second kappa shape index (κ2) is 5.05. The van der Waals surface area contributed by atoms with Crippen molar-refractivity contribution in [1.82, 2.24) is 14.0 Å². The molecule has 0 amide bonds. The van der Waals surface area contributed by atoms with Crippen molar-refractivity contribution in [2.75, 3.05) is 0 Å². The molecule has 0 bridgehead atoms. The predicted octanol–water partition coefficient (Wildman–Crippen LogP) is 2.15. The van der Waals surface area contributed by atoms with Gasteiger partial charge in [-0.2, -0.15) is 0 Å². The molecule has 0 aromatic carbocycles. The van der Waals surface area contributed by atoms with Crippen LogP contribution in [0.5, 0.6) is 0 Å². The summed E-state index contributed by atoms with van der Waals surface area (Å²) in [6.07, 6.45) is 3.40. The Hall–Kier alpha value is -2.63. The van der Waals surface area contributed by atoms with E-state index in [2.05, 4.69) is 4.98 Å². The Morgan fingerprint density at radius 1 is 1.38 bits per heavy atom. The maximum Gasteiger partial charge on any atom is 0.352 e. The van der Waals surface area contributed by atoms with E-state index >= 15 is 0 Å². The molecule has 0 aliphatic heterocycles. The molecule has 3 aromatic heterocycles. The molecule has 0 saturated carbocycles. The number of carboxylic acid groups (broad SMARTS) is 1. The Labute approximate surface area is 120 Å². The van der Waals surface area contributed by atoms with Gasteiger partial charge in [-0.1, -0.05) is 19.4 Å². The Morgan fingerprint density at radius 3 is 2.90 bits per heavy atom. The van der Waals surface area contributed by atoms with Crippen LogP contribution in [0, 0.1) is 0 Å². The van der Waals surface area contributed by atoms with Crippen molar-refractivity contribution in [3.05, 3.63) is 46.5 Å². The summed E-state index contributed by atoms with van der Waals surface area (Å²) in [7, 11) is 0. The highest BCUT2D eigenvalue weighted by molar-refractivity contribution is 5.93. The van der Waals surface area contributed by atoms with Gasteiger partial charge in [-0.25, -0.2) is 9.78 Å². The van der Waals surface area contributed by atoms with Crippen LogP contribution in [0.2, 0.25) is 0 Å². The zero-order valence-electron chi connectivity index (χ0n) is 11.6. The average Bonchev–Trinajstić information content (AvgIpc) is 2.84. The van der Waals surface area contributed by atoms with Crippen LogP contribution in [0.3, 0.4) is 0 Å². The summed E-state index contributed by atoms with van der Waals surface area (Å²) in [5.41, 5.74) is 0.826. The molecular weight excluding hydrogens is 270 g/mol. The largest absolute Gasteiger partial charge is 0.477 e. The van der Waals surface area contributed by atoms with Crippen molar-refractivity contribution in [3.8, 4) is 0 Å². The van der Waals surface area contributed by atoms with Crippen molar-refractivity contribution < 1.29 is 9.90 Å². The summed E-state index contributed by atoms with van der Waals surface area (Å²) < 4.78 is 3.05. The lowest BCUT2D eigenvalue weighted by Crippen LogP contribution is -2.15. The zero-order chi connectivity index (χ0) is 15.0. The number of carboxylic acids is 1. The Bertz CT molecular complexity index is 892. The highest BCUT2D eigenvalue weighted by Gasteiger charge is 2.18. The van der Waals surface area contributed by atoms with E-state index in [9.17, 15) is 14.7 Å². The summed E-state index contributed by atoms with van der Waals surface area (Å²) in [4.78, 5) is 28.3. The quantitative estimate of drug-likeness (QED) is 0.796. The summed E-state index contributed by atoms with van der Waals surface area (Å²) >= 11 is 0. The highest BCUT2D eigenvalue weighted by Crippen LogP contribution is 2.17.